The van der Waals surface area contributed by atoms with Crippen LogP contribution in [0.3, 0.4) is 0 Å². The fraction of sp³-hybridized carbons (Fsp3) is 0.778. The van der Waals surface area contributed by atoms with Crippen LogP contribution in [0.25, 0.3) is 0 Å². The van der Waals surface area contributed by atoms with Gasteiger partial charge < -0.3 is 45.1 Å². The molecular weight excluding hydrogens is 931 g/mol. The lowest BCUT2D eigenvalue weighted by Gasteiger charge is -2.41. The highest BCUT2D eigenvalue weighted by molar-refractivity contribution is 5.80. The predicted molar refractivity (Wildman–Crippen MR) is 306 cm³/mol. The minimum absolute atomic E-state index is 0.112. The molecule has 8 atom stereocenters. The SMILES string of the molecule is CCCCC/C=C\C/C=C\C/C=C\C/C=C\CCCCC(O)C(=O)NC(COC1OC(CO)C(O)C(O)C1OC(=O)CCCCCCCCC/C=C\CCCCCC)C(O)/C=C/CCCCCCCCCCCC. The number of esters is 1. The first-order valence-electron chi connectivity index (χ1n) is 30.2. The Morgan fingerprint density at radius 1 is 0.527 bits per heavy atom. The van der Waals surface area contributed by atoms with Crippen molar-refractivity contribution in [1.29, 1.82) is 0 Å². The normalized spacial score (nSPS) is 19.8. The largest absolute Gasteiger partial charge is 0.454 e. The highest BCUT2D eigenvalue weighted by atomic mass is 16.7. The Morgan fingerprint density at radius 2 is 0.932 bits per heavy atom. The molecule has 428 valence electrons. The molecular formula is C63H111NO10. The molecule has 0 spiro atoms. The number of unbranched alkanes of at least 4 members (excludes halogenated alkanes) is 26. The van der Waals surface area contributed by atoms with Gasteiger partial charge in [0.25, 0.3) is 0 Å². The summed E-state index contributed by atoms with van der Waals surface area (Å²) < 4.78 is 17.6. The van der Waals surface area contributed by atoms with Crippen LogP contribution in [-0.2, 0) is 23.8 Å². The maximum Gasteiger partial charge on any atom is 0.306 e. The average Bonchev–Trinajstić information content (AvgIpc) is 3.40. The van der Waals surface area contributed by atoms with E-state index in [0.29, 0.717) is 12.8 Å². The van der Waals surface area contributed by atoms with Crippen molar-refractivity contribution in [2.45, 2.75) is 301 Å². The molecule has 0 aromatic rings. The average molecular weight is 1040 g/mol. The zero-order valence-electron chi connectivity index (χ0n) is 47.2. The monoisotopic (exact) mass is 1040 g/mol. The van der Waals surface area contributed by atoms with Crippen molar-refractivity contribution in [1.82, 2.24) is 5.32 Å². The Morgan fingerprint density at radius 3 is 1.45 bits per heavy atom. The molecule has 1 heterocycles. The molecule has 1 aliphatic heterocycles. The topological polar surface area (TPSA) is 175 Å². The molecule has 0 bridgehead atoms. The highest BCUT2D eigenvalue weighted by Crippen LogP contribution is 2.26. The van der Waals surface area contributed by atoms with Crippen LogP contribution < -0.4 is 5.32 Å². The molecule has 1 saturated heterocycles. The minimum atomic E-state index is -1.62. The van der Waals surface area contributed by atoms with Gasteiger partial charge >= 0.3 is 5.97 Å². The summed E-state index contributed by atoms with van der Waals surface area (Å²) in [4.78, 5) is 26.5. The number of aliphatic hydroxyl groups excluding tert-OH is 5. The third-order valence-electron chi connectivity index (χ3n) is 13.8. The summed E-state index contributed by atoms with van der Waals surface area (Å²) in [6.07, 6.45) is 53.6. The van der Waals surface area contributed by atoms with Crippen LogP contribution in [0.4, 0.5) is 0 Å². The van der Waals surface area contributed by atoms with Gasteiger partial charge in [0, 0.05) is 6.42 Å². The molecule has 1 amide bonds. The molecule has 11 heteroatoms. The number of hydrogen-bond acceptors (Lipinski definition) is 10. The van der Waals surface area contributed by atoms with Crippen molar-refractivity contribution < 1.29 is 49.3 Å². The van der Waals surface area contributed by atoms with Crippen LogP contribution >= 0.6 is 0 Å². The van der Waals surface area contributed by atoms with Crippen molar-refractivity contribution in [2.75, 3.05) is 13.2 Å². The second-order valence-corrected chi connectivity index (χ2v) is 20.7. The lowest BCUT2D eigenvalue weighted by atomic mass is 9.99. The maximum absolute atomic E-state index is 13.4. The van der Waals surface area contributed by atoms with Gasteiger partial charge in [-0.1, -0.05) is 222 Å². The van der Waals surface area contributed by atoms with Gasteiger partial charge in [-0.05, 0) is 96.3 Å². The van der Waals surface area contributed by atoms with Gasteiger partial charge in [-0.25, -0.2) is 0 Å². The Hall–Kier alpha value is -2.90. The Balaban J connectivity index is 2.74. The lowest BCUT2D eigenvalue weighted by molar-refractivity contribution is -0.305. The third kappa shape index (κ3) is 38.6. The van der Waals surface area contributed by atoms with E-state index >= 15 is 0 Å². The molecule has 11 nitrogen and oxygen atoms in total. The number of amides is 1. The van der Waals surface area contributed by atoms with Gasteiger partial charge in [0.1, 0.15) is 24.4 Å². The first kappa shape index (κ1) is 69.1. The van der Waals surface area contributed by atoms with Crippen molar-refractivity contribution in [2.24, 2.45) is 0 Å². The van der Waals surface area contributed by atoms with E-state index in [9.17, 15) is 35.1 Å². The zero-order chi connectivity index (χ0) is 54.0. The molecule has 6 N–H and O–H groups in total. The number of aliphatic hydroxyl groups is 5. The van der Waals surface area contributed by atoms with Crippen molar-refractivity contribution in [3.05, 3.63) is 72.9 Å². The van der Waals surface area contributed by atoms with Crippen molar-refractivity contribution in [3.8, 4) is 0 Å². The number of carbonyl (C=O) groups is 2. The first-order chi connectivity index (χ1) is 36.2. The van der Waals surface area contributed by atoms with E-state index in [-0.39, 0.29) is 19.4 Å². The number of carbonyl (C=O) groups excluding carboxylic acids is 2. The van der Waals surface area contributed by atoms with E-state index < -0.39 is 67.4 Å². The van der Waals surface area contributed by atoms with Gasteiger partial charge in [0.15, 0.2) is 12.4 Å². The summed E-state index contributed by atoms with van der Waals surface area (Å²) in [5.74, 6) is -1.23. The number of rotatable bonds is 50. The summed E-state index contributed by atoms with van der Waals surface area (Å²) >= 11 is 0. The van der Waals surface area contributed by atoms with Crippen LogP contribution in [0, 0.1) is 0 Å². The quantitative estimate of drug-likeness (QED) is 0.0195. The van der Waals surface area contributed by atoms with Crippen LogP contribution in [0.2, 0.25) is 0 Å². The third-order valence-corrected chi connectivity index (χ3v) is 13.8. The molecule has 1 rings (SSSR count). The standard InChI is InChI=1S/C63H111NO10/c1-4-7-10-13-16-19-22-25-27-28-29-31-32-35-38-41-44-47-50-56(67)62(71)64-54(55(66)49-46-43-40-37-34-24-21-18-15-12-9-6-3)53-72-63-61(60(70)59(69)57(52-65)73-63)74-58(68)51-48-45-42-39-36-33-30-26-23-20-17-14-11-8-5-2/h16,19-20,23,25,27,29,31,35,38,46,49,54-57,59-61,63,65-67,69-70H,4-15,17-18,21-22,24,26,28,30,32-34,36-37,39-45,47-48,50-53H2,1-3H3,(H,64,71)/b19-16-,23-20-,27-25-,31-29-,38-35-,49-46+. The van der Waals surface area contributed by atoms with Crippen LogP contribution in [0.1, 0.15) is 252 Å². The Labute approximate surface area is 451 Å². The van der Waals surface area contributed by atoms with Crippen LogP contribution in [0.15, 0.2) is 72.9 Å². The van der Waals surface area contributed by atoms with Gasteiger partial charge in [0.2, 0.25) is 5.91 Å². The maximum atomic E-state index is 13.4. The molecule has 8 unspecified atom stereocenters. The van der Waals surface area contributed by atoms with Crippen molar-refractivity contribution in [3.63, 3.8) is 0 Å². The van der Waals surface area contributed by atoms with Crippen LogP contribution in [0.5, 0.6) is 0 Å². The molecule has 0 aliphatic carbocycles. The second kappa shape index (κ2) is 50.9. The first-order valence-corrected chi connectivity index (χ1v) is 30.2. The highest BCUT2D eigenvalue weighted by Gasteiger charge is 2.47. The molecule has 0 saturated carbocycles. The van der Waals surface area contributed by atoms with E-state index in [1.54, 1.807) is 6.08 Å². The summed E-state index contributed by atoms with van der Waals surface area (Å²) in [5, 5.41) is 56.9. The van der Waals surface area contributed by atoms with E-state index in [2.05, 4.69) is 86.8 Å². The number of ether oxygens (including phenoxy) is 3. The summed E-state index contributed by atoms with van der Waals surface area (Å²) in [5.41, 5.74) is 0. The molecule has 74 heavy (non-hydrogen) atoms. The minimum Gasteiger partial charge on any atom is -0.454 e. The van der Waals surface area contributed by atoms with Crippen molar-refractivity contribution >= 4 is 11.9 Å². The molecule has 0 aromatic heterocycles. The molecule has 0 radical (unpaired) electrons. The van der Waals surface area contributed by atoms with Gasteiger partial charge in [0.05, 0.1) is 25.4 Å². The molecule has 1 aliphatic rings. The summed E-state index contributed by atoms with van der Waals surface area (Å²) in [6, 6.07) is -1.04. The summed E-state index contributed by atoms with van der Waals surface area (Å²) in [7, 11) is 0. The van der Waals surface area contributed by atoms with Gasteiger partial charge in [-0.3, -0.25) is 9.59 Å². The van der Waals surface area contributed by atoms with Crippen LogP contribution in [-0.4, -0.2) is 99.6 Å². The Bertz CT molecular complexity index is 1480. The fourth-order valence-electron chi connectivity index (χ4n) is 8.98. The Kier molecular flexibility index (Phi) is 47.5. The van der Waals surface area contributed by atoms with Gasteiger partial charge in [-0.2, -0.15) is 0 Å². The van der Waals surface area contributed by atoms with E-state index in [4.69, 9.17) is 14.2 Å². The smallest absolute Gasteiger partial charge is 0.306 e. The number of nitrogens with one attached hydrogen (secondary N) is 1. The predicted octanol–water partition coefficient (Wildman–Crippen LogP) is 14.0. The number of hydrogen-bond donors (Lipinski definition) is 6. The fourth-order valence-corrected chi connectivity index (χ4v) is 8.98. The van der Waals surface area contributed by atoms with E-state index in [1.165, 1.54) is 116 Å². The zero-order valence-corrected chi connectivity index (χ0v) is 47.2. The van der Waals surface area contributed by atoms with Gasteiger partial charge in [-0.15, -0.1) is 0 Å². The molecule has 1 fully saturated rings. The number of allylic oxidation sites excluding steroid dienone is 11. The molecule has 0 aromatic carbocycles. The second-order valence-electron chi connectivity index (χ2n) is 20.7. The summed E-state index contributed by atoms with van der Waals surface area (Å²) in [6.45, 7) is 5.72. The van der Waals surface area contributed by atoms with E-state index in [1.807, 2.05) is 6.08 Å². The van der Waals surface area contributed by atoms with E-state index in [0.717, 1.165) is 89.9 Å². The lowest BCUT2D eigenvalue weighted by Crippen LogP contribution is -2.61.